The van der Waals surface area contributed by atoms with E-state index in [4.69, 9.17) is 14.0 Å². The molecule has 0 saturated carbocycles. The Hall–Kier alpha value is -3.08. The topological polar surface area (TPSA) is 61.6 Å². The van der Waals surface area contributed by atoms with Crippen LogP contribution in [0.5, 0.6) is 5.75 Å². The molecule has 0 amide bonds. The zero-order valence-electron chi connectivity index (χ0n) is 13.9. The van der Waals surface area contributed by atoms with Gasteiger partial charge in [-0.15, -0.1) is 0 Å². The Kier molecular flexibility index (Phi) is 5.46. The highest BCUT2D eigenvalue weighted by Crippen LogP contribution is 2.30. The van der Waals surface area contributed by atoms with E-state index in [-0.39, 0.29) is 18.3 Å². The number of ether oxygens (including phenoxy) is 2. The van der Waals surface area contributed by atoms with E-state index in [0.717, 1.165) is 16.9 Å². The number of rotatable bonds is 7. The molecule has 1 atom stereocenters. The molecule has 0 radical (unpaired) electrons. The van der Waals surface area contributed by atoms with E-state index in [0.29, 0.717) is 12.3 Å². The fourth-order valence-electron chi connectivity index (χ4n) is 2.61. The second-order valence-corrected chi connectivity index (χ2v) is 5.60. The van der Waals surface area contributed by atoms with Crippen LogP contribution in [-0.2, 0) is 16.1 Å². The van der Waals surface area contributed by atoms with Crippen molar-refractivity contribution >= 4 is 5.97 Å². The molecule has 5 nitrogen and oxygen atoms in total. The summed E-state index contributed by atoms with van der Waals surface area (Å²) >= 11 is 0. The van der Waals surface area contributed by atoms with Gasteiger partial charge in [-0.05, 0) is 23.3 Å². The molecule has 3 aromatic rings. The lowest BCUT2D eigenvalue weighted by molar-refractivity contribution is -0.140. The van der Waals surface area contributed by atoms with Gasteiger partial charge in [-0.25, -0.2) is 0 Å². The molecule has 2 aromatic carbocycles. The van der Waals surface area contributed by atoms with E-state index in [1.54, 1.807) is 6.07 Å². The van der Waals surface area contributed by atoms with E-state index in [1.807, 2.05) is 54.6 Å². The van der Waals surface area contributed by atoms with E-state index >= 15 is 0 Å². The van der Waals surface area contributed by atoms with E-state index in [2.05, 4.69) is 5.16 Å². The average Bonchev–Trinajstić information content (AvgIpc) is 3.19. The minimum atomic E-state index is -0.302. The fourth-order valence-corrected chi connectivity index (χ4v) is 2.61. The SMILES string of the molecule is COC(=O)CC(c1cccc(OCc2ccccc2)c1)c1ccon1. The zero-order chi connectivity index (χ0) is 17.5. The lowest BCUT2D eigenvalue weighted by Gasteiger charge is -2.15. The van der Waals surface area contributed by atoms with Crippen molar-refractivity contribution < 1.29 is 18.8 Å². The standard InChI is InChI=1S/C20H19NO4/c1-23-20(22)13-18(19-10-11-25-21-19)16-8-5-9-17(12-16)24-14-15-6-3-2-4-7-15/h2-12,18H,13-14H2,1H3. The Bertz CT molecular complexity index is 800. The zero-order valence-corrected chi connectivity index (χ0v) is 13.9. The minimum Gasteiger partial charge on any atom is -0.489 e. The van der Waals surface area contributed by atoms with Gasteiger partial charge in [-0.2, -0.15) is 0 Å². The van der Waals surface area contributed by atoms with E-state index < -0.39 is 0 Å². The Morgan fingerprint density at radius 1 is 1.12 bits per heavy atom. The van der Waals surface area contributed by atoms with Crippen LogP contribution in [0.4, 0.5) is 0 Å². The number of hydrogen-bond acceptors (Lipinski definition) is 5. The summed E-state index contributed by atoms with van der Waals surface area (Å²) in [5, 5.41) is 3.98. The minimum absolute atomic E-state index is 0.186. The second kappa shape index (κ2) is 8.15. The highest BCUT2D eigenvalue weighted by molar-refractivity contribution is 5.71. The quantitative estimate of drug-likeness (QED) is 0.611. The number of aromatic nitrogens is 1. The van der Waals surface area contributed by atoms with Crippen LogP contribution >= 0.6 is 0 Å². The van der Waals surface area contributed by atoms with Crippen LogP contribution in [-0.4, -0.2) is 18.2 Å². The van der Waals surface area contributed by atoms with Gasteiger partial charge < -0.3 is 14.0 Å². The molecule has 0 saturated heterocycles. The van der Waals surface area contributed by atoms with Crippen molar-refractivity contribution in [3.63, 3.8) is 0 Å². The number of esters is 1. The van der Waals surface area contributed by atoms with Crippen LogP contribution in [0.2, 0.25) is 0 Å². The molecule has 5 heteroatoms. The van der Waals surface area contributed by atoms with Crippen molar-refractivity contribution in [2.75, 3.05) is 7.11 Å². The molecular formula is C20H19NO4. The summed E-state index contributed by atoms with van der Waals surface area (Å²) in [5.41, 5.74) is 2.70. The first-order chi connectivity index (χ1) is 12.3. The molecule has 1 unspecified atom stereocenters. The maximum Gasteiger partial charge on any atom is 0.306 e. The number of carbonyl (C=O) groups is 1. The third-order valence-electron chi connectivity index (χ3n) is 3.92. The highest BCUT2D eigenvalue weighted by Gasteiger charge is 2.21. The molecule has 3 rings (SSSR count). The van der Waals surface area contributed by atoms with Crippen molar-refractivity contribution in [2.45, 2.75) is 18.9 Å². The first-order valence-electron chi connectivity index (χ1n) is 8.00. The van der Waals surface area contributed by atoms with Gasteiger partial charge >= 0.3 is 5.97 Å². The van der Waals surface area contributed by atoms with Crippen molar-refractivity contribution in [1.82, 2.24) is 5.16 Å². The summed E-state index contributed by atoms with van der Waals surface area (Å²) in [6.07, 6.45) is 1.68. The van der Waals surface area contributed by atoms with Crippen molar-refractivity contribution in [1.29, 1.82) is 0 Å². The third-order valence-corrected chi connectivity index (χ3v) is 3.92. The Balaban J connectivity index is 1.78. The van der Waals surface area contributed by atoms with Crippen molar-refractivity contribution in [2.24, 2.45) is 0 Å². The Morgan fingerprint density at radius 2 is 1.96 bits per heavy atom. The van der Waals surface area contributed by atoms with Gasteiger partial charge in [0.2, 0.25) is 0 Å². The molecule has 0 spiro atoms. The van der Waals surface area contributed by atoms with E-state index in [9.17, 15) is 4.79 Å². The lowest BCUT2D eigenvalue weighted by Crippen LogP contribution is -2.10. The Morgan fingerprint density at radius 3 is 2.68 bits per heavy atom. The number of nitrogens with zero attached hydrogens (tertiary/aromatic N) is 1. The van der Waals surface area contributed by atoms with Crippen LogP contribution in [0.1, 0.15) is 29.2 Å². The van der Waals surface area contributed by atoms with Crippen LogP contribution < -0.4 is 4.74 Å². The average molecular weight is 337 g/mol. The summed E-state index contributed by atoms with van der Waals surface area (Å²) in [5.74, 6) is 0.190. The molecule has 0 aliphatic rings. The number of benzene rings is 2. The Labute approximate surface area is 146 Å². The van der Waals surface area contributed by atoms with Gasteiger partial charge in [-0.3, -0.25) is 4.79 Å². The smallest absolute Gasteiger partial charge is 0.306 e. The summed E-state index contributed by atoms with van der Waals surface area (Å²) < 4.78 is 15.6. The maximum atomic E-state index is 11.8. The first kappa shape index (κ1) is 16.8. The summed E-state index contributed by atoms with van der Waals surface area (Å²) in [6.45, 7) is 0.482. The monoisotopic (exact) mass is 337 g/mol. The molecule has 128 valence electrons. The number of carbonyl (C=O) groups excluding carboxylic acids is 1. The van der Waals surface area contributed by atoms with Gasteiger partial charge in [0, 0.05) is 12.0 Å². The largest absolute Gasteiger partial charge is 0.489 e. The maximum absolute atomic E-state index is 11.8. The fraction of sp³-hybridized carbons (Fsp3) is 0.200. The molecule has 0 aliphatic heterocycles. The normalized spacial score (nSPS) is 11.7. The van der Waals surface area contributed by atoms with Crippen molar-refractivity contribution in [3.8, 4) is 5.75 Å². The molecule has 0 bridgehead atoms. The molecule has 1 heterocycles. The van der Waals surface area contributed by atoms with Crippen molar-refractivity contribution in [3.05, 3.63) is 83.7 Å². The van der Waals surface area contributed by atoms with E-state index in [1.165, 1.54) is 13.4 Å². The van der Waals surface area contributed by atoms with Gasteiger partial charge in [0.1, 0.15) is 18.6 Å². The second-order valence-electron chi connectivity index (χ2n) is 5.60. The summed E-state index contributed by atoms with van der Waals surface area (Å²) in [7, 11) is 1.38. The van der Waals surface area contributed by atoms with Gasteiger partial charge in [0.05, 0.1) is 19.2 Å². The molecule has 1 aromatic heterocycles. The molecule has 0 aliphatic carbocycles. The number of methoxy groups -OCH3 is 1. The molecular weight excluding hydrogens is 318 g/mol. The molecule has 0 N–H and O–H groups in total. The molecule has 25 heavy (non-hydrogen) atoms. The first-order valence-corrected chi connectivity index (χ1v) is 8.00. The van der Waals surface area contributed by atoms with Crippen LogP contribution in [0.15, 0.2) is 71.4 Å². The van der Waals surface area contributed by atoms with Crippen LogP contribution in [0.3, 0.4) is 0 Å². The lowest BCUT2D eigenvalue weighted by atomic mass is 9.92. The highest BCUT2D eigenvalue weighted by atomic mass is 16.5. The predicted molar refractivity (Wildman–Crippen MR) is 92.2 cm³/mol. The van der Waals surface area contributed by atoms with Gasteiger partial charge in [-0.1, -0.05) is 47.6 Å². The predicted octanol–water partition coefficient (Wildman–Crippen LogP) is 3.95. The summed E-state index contributed by atoms with van der Waals surface area (Å²) in [6, 6.07) is 19.4. The van der Waals surface area contributed by atoms with Crippen LogP contribution in [0, 0.1) is 0 Å². The number of hydrogen-bond donors (Lipinski definition) is 0. The molecule has 0 fully saturated rings. The third kappa shape index (κ3) is 4.47. The van der Waals surface area contributed by atoms with Crippen LogP contribution in [0.25, 0.3) is 0 Å². The van der Waals surface area contributed by atoms with Gasteiger partial charge in [0.25, 0.3) is 0 Å². The summed E-state index contributed by atoms with van der Waals surface area (Å²) in [4.78, 5) is 11.8. The van der Waals surface area contributed by atoms with Gasteiger partial charge in [0.15, 0.2) is 0 Å².